The van der Waals surface area contributed by atoms with Crippen LogP contribution < -0.4 is 0 Å². The molecule has 3 nitrogen and oxygen atoms in total. The van der Waals surface area contributed by atoms with Crippen molar-refractivity contribution in [2.45, 2.75) is 25.8 Å². The molecule has 0 saturated carbocycles. The van der Waals surface area contributed by atoms with Crippen molar-refractivity contribution in [1.29, 1.82) is 0 Å². The third kappa shape index (κ3) is 3.62. The molecule has 4 heteroatoms. The van der Waals surface area contributed by atoms with Crippen LogP contribution in [0.2, 0.25) is 0 Å². The third-order valence-corrected chi connectivity index (χ3v) is 5.88. The molecule has 2 aromatic heterocycles. The average molecular weight is 374 g/mol. The molecule has 0 saturated heterocycles. The summed E-state index contributed by atoms with van der Waals surface area (Å²) in [5.74, 6) is 1.65. The highest BCUT2D eigenvalue weighted by atomic mass is 32.2. The fraction of sp³-hybridized carbons (Fsp3) is 0.217. The third-order valence-electron chi connectivity index (χ3n) is 4.47. The van der Waals surface area contributed by atoms with Crippen LogP contribution >= 0.6 is 11.8 Å². The normalized spacial score (nSPS) is 11.4. The Morgan fingerprint density at radius 1 is 1.00 bits per heavy atom. The highest BCUT2D eigenvalue weighted by Gasteiger charge is 2.17. The molecular formula is C23H23N3S. The highest BCUT2D eigenvalue weighted by Crippen LogP contribution is 2.37. The molecular weight excluding hydrogens is 350 g/mol. The summed E-state index contributed by atoms with van der Waals surface area (Å²) >= 11 is 1.81. The monoisotopic (exact) mass is 373 g/mol. The molecule has 0 N–H and O–H groups in total. The van der Waals surface area contributed by atoms with Gasteiger partial charge in [0.25, 0.3) is 0 Å². The fourth-order valence-corrected chi connectivity index (χ4v) is 4.16. The van der Waals surface area contributed by atoms with Gasteiger partial charge in [-0.2, -0.15) is 0 Å². The first-order valence-electron chi connectivity index (χ1n) is 9.25. The standard InChI is InChI=1S/C23H23N3S/c1-16(2)14-27-23-21-20(18-9-5-4-6-10-18)13-26(22(21)24-15-25-23)19-11-7-8-17(3)12-19/h4-13,15-16H,14H2,1-3H3. The molecule has 0 atom stereocenters. The zero-order valence-electron chi connectivity index (χ0n) is 15.9. The van der Waals surface area contributed by atoms with E-state index in [1.165, 1.54) is 16.7 Å². The molecule has 0 fully saturated rings. The van der Waals surface area contributed by atoms with Gasteiger partial charge in [0.05, 0.1) is 5.39 Å². The van der Waals surface area contributed by atoms with Crippen molar-refractivity contribution in [1.82, 2.24) is 14.5 Å². The molecule has 0 aliphatic rings. The smallest absolute Gasteiger partial charge is 0.149 e. The summed E-state index contributed by atoms with van der Waals surface area (Å²) in [5.41, 5.74) is 5.69. The van der Waals surface area contributed by atoms with Crippen LogP contribution in [0.25, 0.3) is 27.8 Å². The van der Waals surface area contributed by atoms with Crippen LogP contribution in [0.3, 0.4) is 0 Å². The number of fused-ring (bicyclic) bond motifs is 1. The van der Waals surface area contributed by atoms with Crippen LogP contribution in [-0.4, -0.2) is 20.3 Å². The quantitative estimate of drug-likeness (QED) is 0.311. The van der Waals surface area contributed by atoms with E-state index >= 15 is 0 Å². The van der Waals surface area contributed by atoms with Crippen molar-refractivity contribution in [3.8, 4) is 16.8 Å². The Balaban J connectivity index is 1.97. The summed E-state index contributed by atoms with van der Waals surface area (Å²) in [7, 11) is 0. The second-order valence-corrected chi connectivity index (χ2v) is 8.21. The number of hydrogen-bond donors (Lipinski definition) is 0. The number of hydrogen-bond acceptors (Lipinski definition) is 3. The molecule has 0 aliphatic carbocycles. The molecule has 0 spiro atoms. The van der Waals surface area contributed by atoms with Gasteiger partial charge in [0.2, 0.25) is 0 Å². The molecule has 136 valence electrons. The van der Waals surface area contributed by atoms with Crippen molar-refractivity contribution in [3.05, 3.63) is 72.7 Å². The number of thioether (sulfide) groups is 1. The van der Waals surface area contributed by atoms with E-state index in [0.717, 1.165) is 27.5 Å². The Labute approximate surface area is 164 Å². The summed E-state index contributed by atoms with van der Waals surface area (Å²) in [6, 6.07) is 19.0. The Morgan fingerprint density at radius 3 is 2.56 bits per heavy atom. The van der Waals surface area contributed by atoms with Crippen LogP contribution in [0, 0.1) is 12.8 Å². The van der Waals surface area contributed by atoms with E-state index in [9.17, 15) is 0 Å². The predicted octanol–water partition coefficient (Wildman–Crippen LogP) is 6.14. The zero-order valence-corrected chi connectivity index (χ0v) is 16.7. The van der Waals surface area contributed by atoms with Gasteiger partial charge in [0.15, 0.2) is 0 Å². The second-order valence-electron chi connectivity index (χ2n) is 7.20. The number of benzene rings is 2. The van der Waals surface area contributed by atoms with Gasteiger partial charge in [-0.15, -0.1) is 11.8 Å². The minimum Gasteiger partial charge on any atom is -0.301 e. The van der Waals surface area contributed by atoms with E-state index in [1.807, 2.05) is 17.8 Å². The van der Waals surface area contributed by atoms with E-state index in [1.54, 1.807) is 6.33 Å². The maximum atomic E-state index is 4.66. The summed E-state index contributed by atoms with van der Waals surface area (Å²) in [5, 5.41) is 2.19. The van der Waals surface area contributed by atoms with Crippen LogP contribution in [0.1, 0.15) is 19.4 Å². The van der Waals surface area contributed by atoms with E-state index in [2.05, 4.69) is 90.0 Å². The molecule has 0 bridgehead atoms. The number of aryl methyl sites for hydroxylation is 1. The first-order valence-corrected chi connectivity index (χ1v) is 10.2. The van der Waals surface area contributed by atoms with Crippen molar-refractivity contribution in [3.63, 3.8) is 0 Å². The van der Waals surface area contributed by atoms with Gasteiger partial charge in [-0.3, -0.25) is 0 Å². The minimum atomic E-state index is 0.610. The largest absolute Gasteiger partial charge is 0.301 e. The summed E-state index contributed by atoms with van der Waals surface area (Å²) < 4.78 is 2.19. The molecule has 0 aliphatic heterocycles. The molecule has 4 aromatic rings. The number of nitrogens with zero attached hydrogens (tertiary/aromatic N) is 3. The van der Waals surface area contributed by atoms with Gasteiger partial charge in [0.1, 0.15) is 17.0 Å². The molecule has 27 heavy (non-hydrogen) atoms. The highest BCUT2D eigenvalue weighted by molar-refractivity contribution is 7.99. The minimum absolute atomic E-state index is 0.610. The van der Waals surface area contributed by atoms with E-state index in [-0.39, 0.29) is 0 Å². The Bertz CT molecular complexity index is 1070. The summed E-state index contributed by atoms with van der Waals surface area (Å²) in [4.78, 5) is 9.29. The lowest BCUT2D eigenvalue weighted by Gasteiger charge is -2.08. The van der Waals surface area contributed by atoms with E-state index in [4.69, 9.17) is 0 Å². The summed E-state index contributed by atoms with van der Waals surface area (Å²) in [6.45, 7) is 6.59. The maximum absolute atomic E-state index is 4.66. The van der Waals surface area contributed by atoms with Gasteiger partial charge in [-0.1, -0.05) is 56.3 Å². The molecule has 0 unspecified atom stereocenters. The van der Waals surface area contributed by atoms with Crippen molar-refractivity contribution >= 4 is 22.8 Å². The van der Waals surface area contributed by atoms with Gasteiger partial charge in [0, 0.05) is 23.2 Å². The first kappa shape index (κ1) is 17.8. The number of rotatable bonds is 5. The van der Waals surface area contributed by atoms with Crippen LogP contribution in [0.5, 0.6) is 0 Å². The lowest BCUT2D eigenvalue weighted by atomic mass is 10.1. The first-order chi connectivity index (χ1) is 13.1. The average Bonchev–Trinajstić information content (AvgIpc) is 3.07. The van der Waals surface area contributed by atoms with E-state index < -0.39 is 0 Å². The van der Waals surface area contributed by atoms with Crippen LogP contribution in [-0.2, 0) is 0 Å². The van der Waals surface area contributed by atoms with Gasteiger partial charge in [-0.25, -0.2) is 9.97 Å². The fourth-order valence-electron chi connectivity index (χ4n) is 3.20. The molecule has 0 amide bonds. The SMILES string of the molecule is Cc1cccc(-n2cc(-c3ccccc3)c3c(SCC(C)C)ncnc32)c1. The predicted molar refractivity (Wildman–Crippen MR) is 115 cm³/mol. The Hall–Kier alpha value is -2.59. The lowest BCUT2D eigenvalue weighted by Crippen LogP contribution is -1.96. The molecule has 2 aromatic carbocycles. The second kappa shape index (κ2) is 7.57. The Morgan fingerprint density at radius 2 is 1.81 bits per heavy atom. The van der Waals surface area contributed by atoms with Crippen molar-refractivity contribution in [2.24, 2.45) is 5.92 Å². The van der Waals surface area contributed by atoms with Crippen molar-refractivity contribution in [2.75, 3.05) is 5.75 Å². The summed E-state index contributed by atoms with van der Waals surface area (Å²) in [6.07, 6.45) is 3.88. The Kier molecular flexibility index (Phi) is 4.99. The van der Waals surface area contributed by atoms with Gasteiger partial charge in [-0.05, 0) is 36.1 Å². The van der Waals surface area contributed by atoms with Gasteiger partial charge >= 0.3 is 0 Å². The van der Waals surface area contributed by atoms with E-state index in [0.29, 0.717) is 5.92 Å². The number of aromatic nitrogens is 3. The zero-order chi connectivity index (χ0) is 18.8. The van der Waals surface area contributed by atoms with Crippen molar-refractivity contribution < 1.29 is 0 Å². The molecule has 0 radical (unpaired) electrons. The van der Waals surface area contributed by atoms with Gasteiger partial charge < -0.3 is 4.57 Å². The lowest BCUT2D eigenvalue weighted by molar-refractivity contribution is 0.749. The van der Waals surface area contributed by atoms with Crippen LogP contribution in [0.4, 0.5) is 0 Å². The topological polar surface area (TPSA) is 30.7 Å². The maximum Gasteiger partial charge on any atom is 0.149 e. The molecule has 2 heterocycles. The molecule has 4 rings (SSSR count). The van der Waals surface area contributed by atoms with Crippen LogP contribution in [0.15, 0.2) is 72.1 Å².